The first kappa shape index (κ1) is 16.5. The third kappa shape index (κ3) is 4.81. The van der Waals surface area contributed by atoms with Crippen LogP contribution >= 0.6 is 0 Å². The van der Waals surface area contributed by atoms with Gasteiger partial charge >= 0.3 is 0 Å². The second-order valence-electron chi connectivity index (χ2n) is 5.22. The summed E-state index contributed by atoms with van der Waals surface area (Å²) in [6.45, 7) is 3.85. The van der Waals surface area contributed by atoms with Gasteiger partial charge in [-0.25, -0.2) is 0 Å². The predicted molar refractivity (Wildman–Crippen MR) is 87.8 cm³/mol. The van der Waals surface area contributed by atoms with Gasteiger partial charge in [0, 0.05) is 17.3 Å². The highest BCUT2D eigenvalue weighted by Gasteiger charge is 2.12. The van der Waals surface area contributed by atoms with Crippen molar-refractivity contribution in [3.63, 3.8) is 0 Å². The normalized spacial score (nSPS) is 10.2. The van der Waals surface area contributed by atoms with Crippen LogP contribution in [0.1, 0.15) is 17.5 Å². The van der Waals surface area contributed by atoms with Gasteiger partial charge in [-0.3, -0.25) is 14.9 Å². The molecule has 0 fully saturated rings. The maximum absolute atomic E-state index is 11.9. The van der Waals surface area contributed by atoms with Crippen LogP contribution in [0.2, 0.25) is 0 Å². The maximum atomic E-state index is 11.9. The molecule has 0 heterocycles. The van der Waals surface area contributed by atoms with Crippen molar-refractivity contribution in [2.24, 2.45) is 0 Å². The lowest BCUT2D eigenvalue weighted by atomic mass is 10.2. The highest BCUT2D eigenvalue weighted by Crippen LogP contribution is 2.22. The molecule has 0 aliphatic carbocycles. The van der Waals surface area contributed by atoms with Gasteiger partial charge in [0.15, 0.2) is 0 Å². The van der Waals surface area contributed by atoms with Gasteiger partial charge in [-0.2, -0.15) is 0 Å². The number of rotatable bonds is 6. The number of nitrogens with zero attached hydrogens (tertiary/aromatic N) is 1. The molecule has 0 radical (unpaired) electrons. The number of nitrogens with one attached hydrogen (secondary N) is 1. The van der Waals surface area contributed by atoms with Crippen molar-refractivity contribution in [3.8, 4) is 5.75 Å². The van der Waals surface area contributed by atoms with E-state index in [-0.39, 0.29) is 24.6 Å². The summed E-state index contributed by atoms with van der Waals surface area (Å²) in [5, 5.41) is 13.5. The lowest BCUT2D eigenvalue weighted by molar-refractivity contribution is -0.385. The highest BCUT2D eigenvalue weighted by molar-refractivity contribution is 5.91. The van der Waals surface area contributed by atoms with Crippen LogP contribution in [0.4, 0.5) is 11.4 Å². The first-order chi connectivity index (χ1) is 11.0. The minimum Gasteiger partial charge on any atom is -0.493 e. The molecule has 0 saturated heterocycles. The number of amides is 1. The van der Waals surface area contributed by atoms with E-state index in [1.165, 1.54) is 6.07 Å². The largest absolute Gasteiger partial charge is 0.493 e. The molecule has 0 aliphatic rings. The molecular formula is C17H18N2O4. The third-order valence-corrected chi connectivity index (χ3v) is 3.28. The van der Waals surface area contributed by atoms with E-state index >= 15 is 0 Å². The molecule has 23 heavy (non-hydrogen) atoms. The smallest absolute Gasteiger partial charge is 0.274 e. The Kier molecular flexibility index (Phi) is 5.30. The SMILES string of the molecule is Cc1cccc(OCCC(=O)Nc2ccc(C)c([N+](=O)[O-])c2)c1. The Bertz CT molecular complexity index is 728. The van der Waals surface area contributed by atoms with Gasteiger partial charge in [-0.1, -0.05) is 18.2 Å². The number of carbonyl (C=O) groups is 1. The summed E-state index contributed by atoms with van der Waals surface area (Å²) < 4.78 is 5.51. The molecule has 0 aliphatic heterocycles. The molecule has 0 saturated carbocycles. The number of hydrogen-bond acceptors (Lipinski definition) is 4. The fourth-order valence-corrected chi connectivity index (χ4v) is 2.07. The van der Waals surface area contributed by atoms with Gasteiger partial charge in [-0.05, 0) is 37.6 Å². The molecule has 2 aromatic rings. The predicted octanol–water partition coefficient (Wildman–Crippen LogP) is 3.62. The zero-order chi connectivity index (χ0) is 16.8. The second kappa shape index (κ2) is 7.40. The quantitative estimate of drug-likeness (QED) is 0.652. The minimum atomic E-state index is -0.466. The van der Waals surface area contributed by atoms with Crippen molar-refractivity contribution in [1.82, 2.24) is 0 Å². The summed E-state index contributed by atoms with van der Waals surface area (Å²) in [5.74, 6) is 0.458. The molecule has 0 unspecified atom stereocenters. The molecule has 0 atom stereocenters. The van der Waals surface area contributed by atoms with E-state index in [2.05, 4.69) is 5.32 Å². The van der Waals surface area contributed by atoms with Crippen LogP contribution in [0.3, 0.4) is 0 Å². The van der Waals surface area contributed by atoms with E-state index in [4.69, 9.17) is 4.74 Å². The van der Waals surface area contributed by atoms with E-state index < -0.39 is 4.92 Å². The van der Waals surface area contributed by atoms with Crippen LogP contribution in [0.5, 0.6) is 5.75 Å². The van der Waals surface area contributed by atoms with E-state index in [0.29, 0.717) is 17.0 Å². The van der Waals surface area contributed by atoms with Crippen molar-refractivity contribution in [2.45, 2.75) is 20.3 Å². The topological polar surface area (TPSA) is 81.5 Å². The highest BCUT2D eigenvalue weighted by atomic mass is 16.6. The van der Waals surface area contributed by atoms with Crippen LogP contribution in [0, 0.1) is 24.0 Å². The van der Waals surface area contributed by atoms with Crippen molar-refractivity contribution in [2.75, 3.05) is 11.9 Å². The number of nitro benzene ring substituents is 1. The molecule has 2 rings (SSSR count). The molecule has 1 amide bonds. The Labute approximate surface area is 134 Å². The number of hydrogen-bond donors (Lipinski definition) is 1. The Morgan fingerprint density at radius 3 is 2.70 bits per heavy atom. The molecule has 2 aromatic carbocycles. The molecule has 0 aromatic heterocycles. The molecular weight excluding hydrogens is 296 g/mol. The van der Waals surface area contributed by atoms with Crippen molar-refractivity contribution in [3.05, 3.63) is 63.7 Å². The lowest BCUT2D eigenvalue weighted by Crippen LogP contribution is -2.15. The monoisotopic (exact) mass is 314 g/mol. The minimum absolute atomic E-state index is 0.0150. The summed E-state index contributed by atoms with van der Waals surface area (Å²) in [7, 11) is 0. The second-order valence-corrected chi connectivity index (χ2v) is 5.22. The zero-order valence-electron chi connectivity index (χ0n) is 13.0. The summed E-state index contributed by atoms with van der Waals surface area (Å²) in [6.07, 6.45) is 0.162. The van der Waals surface area contributed by atoms with Gasteiger partial charge in [0.05, 0.1) is 18.0 Å². The summed E-state index contributed by atoms with van der Waals surface area (Å²) in [4.78, 5) is 22.3. The molecule has 6 heteroatoms. The van der Waals surface area contributed by atoms with E-state index in [1.807, 2.05) is 31.2 Å². The molecule has 120 valence electrons. The Morgan fingerprint density at radius 1 is 1.22 bits per heavy atom. The van der Waals surface area contributed by atoms with Crippen LogP contribution in [0.15, 0.2) is 42.5 Å². The van der Waals surface area contributed by atoms with Crippen LogP contribution < -0.4 is 10.1 Å². The summed E-state index contributed by atoms with van der Waals surface area (Å²) in [6, 6.07) is 12.2. The fraction of sp³-hybridized carbons (Fsp3) is 0.235. The number of carbonyl (C=O) groups excluding carboxylic acids is 1. The zero-order valence-corrected chi connectivity index (χ0v) is 13.0. The molecule has 0 bridgehead atoms. The first-order valence-electron chi connectivity index (χ1n) is 7.20. The van der Waals surface area contributed by atoms with E-state index in [1.54, 1.807) is 19.1 Å². The Morgan fingerprint density at radius 2 is 2.00 bits per heavy atom. The van der Waals surface area contributed by atoms with Crippen LogP contribution in [0.25, 0.3) is 0 Å². The molecule has 6 nitrogen and oxygen atoms in total. The average Bonchev–Trinajstić information content (AvgIpc) is 2.49. The van der Waals surface area contributed by atoms with Crippen molar-refractivity contribution >= 4 is 17.3 Å². The summed E-state index contributed by atoms with van der Waals surface area (Å²) in [5.41, 5.74) is 2.02. The van der Waals surface area contributed by atoms with Gasteiger partial charge in [0.1, 0.15) is 5.75 Å². The number of anilines is 1. The standard InChI is InChI=1S/C17H18N2O4/c1-12-4-3-5-15(10-12)23-9-8-17(20)18-14-7-6-13(2)16(11-14)19(21)22/h3-7,10-11H,8-9H2,1-2H3,(H,18,20). The number of nitro groups is 1. The Hall–Kier alpha value is -2.89. The van der Waals surface area contributed by atoms with Gasteiger partial charge in [0.2, 0.25) is 5.91 Å². The number of aryl methyl sites for hydroxylation is 2. The van der Waals surface area contributed by atoms with Crippen LogP contribution in [-0.4, -0.2) is 17.4 Å². The summed E-state index contributed by atoms with van der Waals surface area (Å²) >= 11 is 0. The van der Waals surface area contributed by atoms with Gasteiger partial charge in [-0.15, -0.1) is 0 Å². The van der Waals surface area contributed by atoms with Crippen LogP contribution in [-0.2, 0) is 4.79 Å². The van der Waals surface area contributed by atoms with Crippen molar-refractivity contribution < 1.29 is 14.5 Å². The van der Waals surface area contributed by atoms with E-state index in [0.717, 1.165) is 5.56 Å². The number of benzene rings is 2. The van der Waals surface area contributed by atoms with Gasteiger partial charge < -0.3 is 10.1 Å². The Balaban J connectivity index is 1.87. The number of ether oxygens (including phenoxy) is 1. The average molecular weight is 314 g/mol. The maximum Gasteiger partial charge on any atom is 0.274 e. The van der Waals surface area contributed by atoms with E-state index in [9.17, 15) is 14.9 Å². The fourth-order valence-electron chi connectivity index (χ4n) is 2.07. The molecule has 0 spiro atoms. The van der Waals surface area contributed by atoms with Crippen molar-refractivity contribution in [1.29, 1.82) is 0 Å². The van der Waals surface area contributed by atoms with Gasteiger partial charge in [0.25, 0.3) is 5.69 Å². The molecule has 1 N–H and O–H groups in total. The first-order valence-corrected chi connectivity index (χ1v) is 7.20. The lowest BCUT2D eigenvalue weighted by Gasteiger charge is -2.08. The third-order valence-electron chi connectivity index (χ3n) is 3.28.